The van der Waals surface area contributed by atoms with Crippen LogP contribution in [-0.4, -0.2) is 41.3 Å². The Bertz CT molecular complexity index is 502. The van der Waals surface area contributed by atoms with Crippen molar-refractivity contribution in [3.8, 4) is 0 Å². The van der Waals surface area contributed by atoms with E-state index in [0.717, 1.165) is 48.8 Å². The van der Waals surface area contributed by atoms with Crippen LogP contribution in [0.2, 0.25) is 0 Å². The van der Waals surface area contributed by atoms with Gasteiger partial charge >= 0.3 is 0 Å². The van der Waals surface area contributed by atoms with E-state index in [0.29, 0.717) is 0 Å². The second-order valence-corrected chi connectivity index (χ2v) is 4.01. The summed E-state index contributed by atoms with van der Waals surface area (Å²) in [5.74, 6) is 1.01. The van der Waals surface area contributed by atoms with Gasteiger partial charge in [-0.25, -0.2) is 9.97 Å². The highest BCUT2D eigenvalue weighted by atomic mass is 16.5. The van der Waals surface area contributed by atoms with Crippen LogP contribution in [0.3, 0.4) is 0 Å². The largest absolute Gasteiger partial charge is 0.378 e. The number of nitrogens with zero attached hydrogens (tertiary/aromatic N) is 3. The maximum atomic E-state index is 5.35. The van der Waals surface area contributed by atoms with Crippen molar-refractivity contribution in [3.63, 3.8) is 0 Å². The van der Waals surface area contributed by atoms with Crippen molar-refractivity contribution >= 4 is 16.9 Å². The number of aryl methyl sites for hydroxylation is 1. The molecular weight excluding hydrogens is 204 g/mol. The van der Waals surface area contributed by atoms with Crippen LogP contribution >= 0.6 is 0 Å². The van der Waals surface area contributed by atoms with E-state index in [1.807, 2.05) is 6.92 Å². The highest BCUT2D eigenvalue weighted by Gasteiger charge is 2.16. The van der Waals surface area contributed by atoms with Crippen LogP contribution in [0.15, 0.2) is 12.4 Å². The summed E-state index contributed by atoms with van der Waals surface area (Å²) in [6.45, 7) is 5.38. The summed E-state index contributed by atoms with van der Waals surface area (Å²) in [6.07, 6.45) is 1.61. The summed E-state index contributed by atoms with van der Waals surface area (Å²) in [7, 11) is 0. The molecule has 0 radical (unpaired) electrons. The first-order valence-corrected chi connectivity index (χ1v) is 5.47. The van der Waals surface area contributed by atoms with Gasteiger partial charge in [-0.15, -0.1) is 0 Å². The van der Waals surface area contributed by atoms with E-state index in [1.165, 1.54) is 0 Å². The lowest BCUT2D eigenvalue weighted by atomic mass is 10.3. The fourth-order valence-electron chi connectivity index (χ4n) is 2.09. The predicted molar refractivity (Wildman–Crippen MR) is 61.7 cm³/mol. The Balaban J connectivity index is 2.07. The Morgan fingerprint density at radius 3 is 2.94 bits per heavy atom. The van der Waals surface area contributed by atoms with E-state index in [1.54, 1.807) is 6.33 Å². The van der Waals surface area contributed by atoms with Crippen molar-refractivity contribution in [1.82, 2.24) is 15.0 Å². The van der Waals surface area contributed by atoms with Gasteiger partial charge in [-0.3, -0.25) is 0 Å². The van der Waals surface area contributed by atoms with Crippen LogP contribution in [0.1, 0.15) is 5.69 Å². The summed E-state index contributed by atoms with van der Waals surface area (Å²) in [5.41, 5.74) is 2.03. The van der Waals surface area contributed by atoms with Crippen molar-refractivity contribution in [2.45, 2.75) is 6.92 Å². The predicted octanol–water partition coefficient (Wildman–Crippen LogP) is 1.10. The minimum Gasteiger partial charge on any atom is -0.378 e. The highest BCUT2D eigenvalue weighted by Crippen LogP contribution is 2.23. The molecule has 1 N–H and O–H groups in total. The third-order valence-corrected chi connectivity index (χ3v) is 2.85. The first-order valence-electron chi connectivity index (χ1n) is 5.47. The number of anilines is 1. The van der Waals surface area contributed by atoms with E-state index < -0.39 is 0 Å². The quantitative estimate of drug-likeness (QED) is 0.778. The molecule has 0 bridgehead atoms. The summed E-state index contributed by atoms with van der Waals surface area (Å²) in [5, 5.41) is 1.10. The van der Waals surface area contributed by atoms with Crippen molar-refractivity contribution in [3.05, 3.63) is 18.1 Å². The Kier molecular flexibility index (Phi) is 2.25. The number of hydrogen-bond donors (Lipinski definition) is 1. The van der Waals surface area contributed by atoms with Gasteiger partial charge in [0, 0.05) is 18.8 Å². The number of hydrogen-bond acceptors (Lipinski definition) is 4. The maximum absolute atomic E-state index is 5.35. The molecule has 0 spiro atoms. The SMILES string of the molecule is Cc1cc2c(N3CCOCC3)ncnc2[nH]1. The molecule has 0 unspecified atom stereocenters. The Morgan fingerprint density at radius 2 is 2.12 bits per heavy atom. The molecule has 0 saturated carbocycles. The van der Waals surface area contributed by atoms with E-state index in [9.17, 15) is 0 Å². The number of ether oxygens (including phenoxy) is 1. The summed E-state index contributed by atoms with van der Waals surface area (Å²) >= 11 is 0. The fourth-order valence-corrected chi connectivity index (χ4v) is 2.09. The van der Waals surface area contributed by atoms with Crippen LogP contribution in [0, 0.1) is 6.92 Å². The molecular formula is C11H14N4O. The van der Waals surface area contributed by atoms with Gasteiger partial charge in [-0.05, 0) is 13.0 Å². The molecule has 84 valence electrons. The zero-order valence-electron chi connectivity index (χ0n) is 9.23. The van der Waals surface area contributed by atoms with Crippen LogP contribution in [-0.2, 0) is 4.74 Å². The zero-order chi connectivity index (χ0) is 11.0. The number of morpholine rings is 1. The lowest BCUT2D eigenvalue weighted by Crippen LogP contribution is -2.36. The van der Waals surface area contributed by atoms with Gasteiger partial charge < -0.3 is 14.6 Å². The molecule has 1 saturated heterocycles. The summed E-state index contributed by atoms with van der Waals surface area (Å²) in [4.78, 5) is 14.1. The number of nitrogens with one attached hydrogen (secondary N) is 1. The molecule has 0 aromatic carbocycles. The van der Waals surface area contributed by atoms with Crippen molar-refractivity contribution in [2.24, 2.45) is 0 Å². The monoisotopic (exact) mass is 218 g/mol. The Morgan fingerprint density at radius 1 is 1.31 bits per heavy atom. The van der Waals surface area contributed by atoms with E-state index >= 15 is 0 Å². The van der Waals surface area contributed by atoms with Crippen LogP contribution in [0.5, 0.6) is 0 Å². The molecule has 3 heterocycles. The number of fused-ring (bicyclic) bond motifs is 1. The number of H-pyrrole nitrogens is 1. The molecule has 16 heavy (non-hydrogen) atoms. The van der Waals surface area contributed by atoms with E-state index in [2.05, 4.69) is 25.9 Å². The molecule has 3 rings (SSSR count). The normalized spacial score (nSPS) is 16.9. The van der Waals surface area contributed by atoms with Gasteiger partial charge in [-0.1, -0.05) is 0 Å². The van der Waals surface area contributed by atoms with E-state index in [4.69, 9.17) is 4.74 Å². The van der Waals surface area contributed by atoms with E-state index in [-0.39, 0.29) is 0 Å². The van der Waals surface area contributed by atoms with Crippen molar-refractivity contribution < 1.29 is 4.74 Å². The van der Waals surface area contributed by atoms with Crippen LogP contribution in [0.4, 0.5) is 5.82 Å². The first kappa shape index (κ1) is 9.59. The van der Waals surface area contributed by atoms with Crippen LogP contribution < -0.4 is 4.90 Å². The summed E-state index contributed by atoms with van der Waals surface area (Å²) in [6, 6.07) is 2.10. The van der Waals surface area contributed by atoms with Crippen molar-refractivity contribution in [1.29, 1.82) is 0 Å². The van der Waals surface area contributed by atoms with Crippen molar-refractivity contribution in [2.75, 3.05) is 31.2 Å². The molecule has 1 aliphatic rings. The first-order chi connectivity index (χ1) is 7.84. The van der Waals surface area contributed by atoms with Gasteiger partial charge in [-0.2, -0.15) is 0 Å². The third-order valence-electron chi connectivity index (χ3n) is 2.85. The topological polar surface area (TPSA) is 54.0 Å². The van der Waals surface area contributed by atoms with Gasteiger partial charge in [0.2, 0.25) is 0 Å². The Labute approximate surface area is 93.5 Å². The second kappa shape index (κ2) is 3.75. The molecule has 5 heteroatoms. The zero-order valence-corrected chi connectivity index (χ0v) is 9.23. The number of aromatic nitrogens is 3. The van der Waals surface area contributed by atoms with Crippen LogP contribution in [0.25, 0.3) is 11.0 Å². The standard InChI is InChI=1S/C11H14N4O/c1-8-6-9-10(14-8)12-7-13-11(9)15-2-4-16-5-3-15/h6-7H,2-5H2,1H3,(H,12,13,14). The molecule has 2 aromatic heterocycles. The number of rotatable bonds is 1. The Hall–Kier alpha value is -1.62. The van der Waals surface area contributed by atoms with Gasteiger partial charge in [0.15, 0.2) is 0 Å². The third kappa shape index (κ3) is 1.53. The average Bonchev–Trinajstić information content (AvgIpc) is 2.70. The molecule has 2 aromatic rings. The molecule has 1 aliphatic heterocycles. The molecule has 1 fully saturated rings. The lowest BCUT2D eigenvalue weighted by molar-refractivity contribution is 0.122. The minimum atomic E-state index is 0.773. The summed E-state index contributed by atoms with van der Waals surface area (Å²) < 4.78 is 5.35. The second-order valence-electron chi connectivity index (χ2n) is 4.01. The number of aromatic amines is 1. The van der Waals surface area contributed by atoms with Gasteiger partial charge in [0.1, 0.15) is 17.8 Å². The lowest BCUT2D eigenvalue weighted by Gasteiger charge is -2.27. The maximum Gasteiger partial charge on any atom is 0.143 e. The van der Waals surface area contributed by atoms with Gasteiger partial charge in [0.25, 0.3) is 0 Å². The molecule has 0 amide bonds. The molecule has 0 aliphatic carbocycles. The minimum absolute atomic E-state index is 0.773. The molecule has 0 atom stereocenters. The smallest absolute Gasteiger partial charge is 0.143 e. The highest BCUT2D eigenvalue weighted by molar-refractivity contribution is 5.88. The molecule has 5 nitrogen and oxygen atoms in total. The fraction of sp³-hybridized carbons (Fsp3) is 0.455. The van der Waals surface area contributed by atoms with Gasteiger partial charge in [0.05, 0.1) is 18.6 Å². The average molecular weight is 218 g/mol.